The van der Waals surface area contributed by atoms with Crippen molar-refractivity contribution in [2.75, 3.05) is 11.5 Å². The lowest BCUT2D eigenvalue weighted by Crippen LogP contribution is -2.36. The Kier molecular flexibility index (Phi) is 3.92. The molecule has 5 heteroatoms. The van der Waals surface area contributed by atoms with E-state index in [0.29, 0.717) is 11.7 Å². The molecular formula is C16H15N3OS. The number of para-hydroxylation sites is 1. The first-order valence-corrected chi connectivity index (χ1v) is 7.13. The van der Waals surface area contributed by atoms with Crippen molar-refractivity contribution in [3.05, 3.63) is 60.2 Å². The number of benzene rings is 2. The van der Waals surface area contributed by atoms with Crippen LogP contribution in [0.2, 0.25) is 0 Å². The highest BCUT2D eigenvalue weighted by atomic mass is 32.1. The van der Waals surface area contributed by atoms with E-state index < -0.39 is 0 Å². The molecule has 0 amide bonds. The minimum atomic E-state index is -0.222. The molecule has 1 atom stereocenters. The van der Waals surface area contributed by atoms with E-state index in [-0.39, 0.29) is 6.17 Å². The molecular weight excluding hydrogens is 282 g/mol. The number of thiocarbonyl (C=S) groups is 1. The van der Waals surface area contributed by atoms with Crippen LogP contribution in [0.3, 0.4) is 0 Å². The molecule has 0 saturated heterocycles. The van der Waals surface area contributed by atoms with Gasteiger partial charge in [0, 0.05) is 5.69 Å². The maximum absolute atomic E-state index is 5.82. The third-order valence-corrected chi connectivity index (χ3v) is 3.48. The number of hydrogen-bond donors (Lipinski definition) is 0. The van der Waals surface area contributed by atoms with Crippen molar-refractivity contribution in [1.82, 2.24) is 0 Å². The summed E-state index contributed by atoms with van der Waals surface area (Å²) < 4.78 is 5.82. The quantitative estimate of drug-likeness (QED) is 0.802. The number of aryl methyl sites for hydroxylation is 1. The van der Waals surface area contributed by atoms with Crippen molar-refractivity contribution in [3.8, 4) is 5.75 Å². The molecule has 0 radical (unpaired) electrons. The van der Waals surface area contributed by atoms with E-state index in [1.165, 1.54) is 0 Å². The van der Waals surface area contributed by atoms with Crippen LogP contribution in [-0.2, 0) is 0 Å². The summed E-state index contributed by atoms with van der Waals surface area (Å²) in [6, 6.07) is 17.8. The SMILES string of the molecule is Cc1cccc(OCC2N=NC(=S)N2c2ccccc2)c1. The van der Waals surface area contributed by atoms with Gasteiger partial charge in [0.15, 0.2) is 6.17 Å². The number of rotatable bonds is 4. The second-order valence-electron chi connectivity index (χ2n) is 4.81. The van der Waals surface area contributed by atoms with Crippen molar-refractivity contribution >= 4 is 23.0 Å². The molecule has 1 heterocycles. The monoisotopic (exact) mass is 297 g/mol. The molecule has 0 fully saturated rings. The number of anilines is 1. The molecule has 0 aliphatic carbocycles. The van der Waals surface area contributed by atoms with Crippen LogP contribution in [0.25, 0.3) is 0 Å². The number of hydrogen-bond acceptors (Lipinski definition) is 3. The second-order valence-corrected chi connectivity index (χ2v) is 5.18. The summed E-state index contributed by atoms with van der Waals surface area (Å²) in [5.74, 6) is 0.830. The Morgan fingerprint density at radius 2 is 1.95 bits per heavy atom. The van der Waals surface area contributed by atoms with Crippen LogP contribution in [0, 0.1) is 6.92 Å². The first-order valence-electron chi connectivity index (χ1n) is 6.72. The summed E-state index contributed by atoms with van der Waals surface area (Å²) in [7, 11) is 0. The van der Waals surface area contributed by atoms with Crippen LogP contribution < -0.4 is 9.64 Å². The first-order chi connectivity index (χ1) is 10.2. The average Bonchev–Trinajstić information content (AvgIpc) is 2.87. The van der Waals surface area contributed by atoms with E-state index in [1.54, 1.807) is 0 Å². The summed E-state index contributed by atoms with van der Waals surface area (Å²) in [4.78, 5) is 1.91. The van der Waals surface area contributed by atoms with Gasteiger partial charge in [0.05, 0.1) is 0 Å². The Morgan fingerprint density at radius 1 is 1.14 bits per heavy atom. The van der Waals surface area contributed by atoms with Gasteiger partial charge in [-0.05, 0) is 49.0 Å². The molecule has 0 spiro atoms. The number of ether oxygens (including phenoxy) is 1. The molecule has 2 aromatic carbocycles. The first kappa shape index (κ1) is 13.7. The fraction of sp³-hybridized carbons (Fsp3) is 0.188. The van der Waals surface area contributed by atoms with Crippen molar-refractivity contribution in [3.63, 3.8) is 0 Å². The molecule has 1 aliphatic rings. The molecule has 3 rings (SSSR count). The van der Waals surface area contributed by atoms with Gasteiger partial charge in [-0.25, -0.2) is 0 Å². The summed E-state index contributed by atoms with van der Waals surface area (Å²) in [5, 5.41) is 8.68. The zero-order valence-corrected chi connectivity index (χ0v) is 12.5. The summed E-state index contributed by atoms with van der Waals surface area (Å²) in [6.45, 7) is 2.44. The Bertz CT molecular complexity index is 672. The second kappa shape index (κ2) is 6.01. The van der Waals surface area contributed by atoms with Crippen LogP contribution in [0.15, 0.2) is 64.8 Å². The number of nitrogens with zero attached hydrogens (tertiary/aromatic N) is 3. The van der Waals surface area contributed by atoms with Gasteiger partial charge in [0.25, 0.3) is 0 Å². The van der Waals surface area contributed by atoms with Crippen LogP contribution >= 0.6 is 12.2 Å². The van der Waals surface area contributed by atoms with Crippen LogP contribution in [-0.4, -0.2) is 17.9 Å². The average molecular weight is 297 g/mol. The fourth-order valence-electron chi connectivity index (χ4n) is 2.20. The molecule has 1 aliphatic heterocycles. The van der Waals surface area contributed by atoms with E-state index in [0.717, 1.165) is 17.0 Å². The Morgan fingerprint density at radius 3 is 2.71 bits per heavy atom. The van der Waals surface area contributed by atoms with Crippen LogP contribution in [0.4, 0.5) is 5.69 Å². The summed E-state index contributed by atoms with van der Waals surface area (Å²) in [5.41, 5.74) is 2.14. The molecule has 21 heavy (non-hydrogen) atoms. The lowest BCUT2D eigenvalue weighted by Gasteiger charge is -2.23. The third kappa shape index (κ3) is 3.08. The Hall–Kier alpha value is -2.27. The van der Waals surface area contributed by atoms with Gasteiger partial charge in [-0.1, -0.05) is 30.3 Å². The van der Waals surface area contributed by atoms with Crippen molar-refractivity contribution in [2.45, 2.75) is 13.1 Å². The van der Waals surface area contributed by atoms with Crippen LogP contribution in [0.5, 0.6) is 5.75 Å². The topological polar surface area (TPSA) is 37.2 Å². The maximum atomic E-state index is 5.82. The van der Waals surface area contributed by atoms with Crippen molar-refractivity contribution in [2.24, 2.45) is 10.2 Å². The predicted molar refractivity (Wildman–Crippen MR) is 86.8 cm³/mol. The van der Waals surface area contributed by atoms with Gasteiger partial charge >= 0.3 is 0 Å². The molecule has 4 nitrogen and oxygen atoms in total. The largest absolute Gasteiger partial charge is 0.489 e. The van der Waals surface area contributed by atoms with E-state index >= 15 is 0 Å². The van der Waals surface area contributed by atoms with Gasteiger partial charge in [-0.2, -0.15) is 5.11 Å². The maximum Gasteiger partial charge on any atom is 0.222 e. The highest BCUT2D eigenvalue weighted by Crippen LogP contribution is 2.24. The molecule has 0 aromatic heterocycles. The van der Waals surface area contributed by atoms with E-state index in [1.807, 2.05) is 66.4 Å². The van der Waals surface area contributed by atoms with Crippen molar-refractivity contribution < 1.29 is 4.74 Å². The number of azo groups is 1. The zero-order valence-electron chi connectivity index (χ0n) is 11.6. The Balaban J connectivity index is 1.72. The van der Waals surface area contributed by atoms with Gasteiger partial charge in [-0.3, -0.25) is 4.90 Å². The van der Waals surface area contributed by atoms with Gasteiger partial charge < -0.3 is 4.74 Å². The highest BCUT2D eigenvalue weighted by Gasteiger charge is 2.28. The summed E-state index contributed by atoms with van der Waals surface area (Å²) >= 11 is 5.26. The predicted octanol–water partition coefficient (Wildman–Crippen LogP) is 3.96. The van der Waals surface area contributed by atoms with E-state index in [2.05, 4.69) is 10.2 Å². The van der Waals surface area contributed by atoms with E-state index in [4.69, 9.17) is 17.0 Å². The van der Waals surface area contributed by atoms with Gasteiger partial charge in [0.2, 0.25) is 5.11 Å². The third-order valence-electron chi connectivity index (χ3n) is 3.20. The smallest absolute Gasteiger partial charge is 0.222 e. The highest BCUT2D eigenvalue weighted by molar-refractivity contribution is 7.80. The normalized spacial score (nSPS) is 17.3. The molecule has 0 saturated carbocycles. The minimum absolute atomic E-state index is 0.222. The molecule has 106 valence electrons. The zero-order chi connectivity index (χ0) is 14.7. The summed E-state index contributed by atoms with van der Waals surface area (Å²) in [6.07, 6.45) is -0.222. The van der Waals surface area contributed by atoms with Crippen LogP contribution in [0.1, 0.15) is 5.56 Å². The van der Waals surface area contributed by atoms with Crippen molar-refractivity contribution in [1.29, 1.82) is 0 Å². The standard InChI is InChI=1S/C16H15N3OS/c1-12-6-5-9-14(10-12)20-11-15-17-18-16(21)19(15)13-7-3-2-4-8-13/h2-10,15H,11H2,1H3. The van der Waals surface area contributed by atoms with Gasteiger partial charge in [-0.15, -0.1) is 5.11 Å². The minimum Gasteiger partial charge on any atom is -0.489 e. The lowest BCUT2D eigenvalue weighted by atomic mass is 10.2. The lowest BCUT2D eigenvalue weighted by molar-refractivity contribution is 0.293. The molecule has 0 N–H and O–H groups in total. The molecule has 0 bridgehead atoms. The molecule has 2 aromatic rings. The Labute approximate surface area is 129 Å². The fourth-order valence-corrected chi connectivity index (χ4v) is 2.47. The van der Waals surface area contributed by atoms with Gasteiger partial charge in [0.1, 0.15) is 12.4 Å². The van der Waals surface area contributed by atoms with E-state index in [9.17, 15) is 0 Å². The molecule has 1 unspecified atom stereocenters.